The van der Waals surface area contributed by atoms with E-state index < -0.39 is 0 Å². The van der Waals surface area contributed by atoms with Gasteiger partial charge in [0.2, 0.25) is 0 Å². The number of aliphatic hydroxyl groups is 2. The lowest BCUT2D eigenvalue weighted by molar-refractivity contribution is -0.160. The summed E-state index contributed by atoms with van der Waals surface area (Å²) in [5.74, 6) is 2.77. The summed E-state index contributed by atoms with van der Waals surface area (Å²) in [5, 5.41) is 20.5. The fourth-order valence-corrected chi connectivity index (χ4v) is 7.68. The van der Waals surface area contributed by atoms with Gasteiger partial charge in [-0.25, -0.2) is 0 Å². The Kier molecular flexibility index (Phi) is 4.06. The molecule has 4 fully saturated rings. The fourth-order valence-electron chi connectivity index (χ4n) is 7.68. The van der Waals surface area contributed by atoms with Crippen LogP contribution in [0.3, 0.4) is 0 Å². The number of fused-ring (bicyclic) bond motifs is 5. The predicted octanol–water partition coefficient (Wildman–Crippen LogP) is 3.38. The molecule has 4 rings (SSSR count). The second kappa shape index (κ2) is 5.71. The van der Waals surface area contributed by atoms with Crippen molar-refractivity contribution in [3.63, 3.8) is 0 Å². The van der Waals surface area contributed by atoms with Gasteiger partial charge in [-0.2, -0.15) is 0 Å². The van der Waals surface area contributed by atoms with Gasteiger partial charge < -0.3 is 14.9 Å². The molecule has 132 valence electrons. The van der Waals surface area contributed by atoms with E-state index >= 15 is 0 Å². The van der Waals surface area contributed by atoms with Crippen LogP contribution in [0, 0.1) is 34.5 Å². The zero-order valence-electron chi connectivity index (χ0n) is 14.8. The Balaban J connectivity index is 1.63. The van der Waals surface area contributed by atoms with E-state index in [2.05, 4.69) is 6.92 Å². The van der Waals surface area contributed by atoms with Crippen LogP contribution in [0.4, 0.5) is 0 Å². The maximum absolute atomic E-state index is 10.4. The van der Waals surface area contributed by atoms with Gasteiger partial charge in [-0.1, -0.05) is 6.92 Å². The van der Waals surface area contributed by atoms with Gasteiger partial charge in [-0.15, -0.1) is 0 Å². The van der Waals surface area contributed by atoms with Crippen molar-refractivity contribution in [1.29, 1.82) is 0 Å². The van der Waals surface area contributed by atoms with Gasteiger partial charge in [0.05, 0.1) is 12.2 Å². The van der Waals surface area contributed by atoms with Gasteiger partial charge >= 0.3 is 0 Å². The number of hydrogen-bond donors (Lipinski definition) is 2. The van der Waals surface area contributed by atoms with E-state index in [-0.39, 0.29) is 11.5 Å². The molecule has 0 saturated heterocycles. The topological polar surface area (TPSA) is 49.7 Å². The highest BCUT2D eigenvalue weighted by molar-refractivity contribution is 5.10. The van der Waals surface area contributed by atoms with Crippen molar-refractivity contribution in [3.05, 3.63) is 0 Å². The highest BCUT2D eigenvalue weighted by Crippen LogP contribution is 2.66. The van der Waals surface area contributed by atoms with Crippen molar-refractivity contribution in [2.45, 2.75) is 76.9 Å². The number of ether oxygens (including phenoxy) is 1. The van der Waals surface area contributed by atoms with E-state index in [1.165, 1.54) is 38.5 Å². The third-order valence-corrected chi connectivity index (χ3v) is 8.83. The van der Waals surface area contributed by atoms with Gasteiger partial charge in [-0.05, 0) is 92.3 Å². The molecule has 0 aromatic carbocycles. The molecular formula is C20H34O3. The number of hydrogen-bond acceptors (Lipinski definition) is 3. The standard InChI is InChI=1S/C20H34O3/c1-19-9-8-17-15(16(19)5-6-18(19)23-2)4-3-13-11-14(22)7-10-20(13,17)12-21/h13-18,21-22H,3-12H2,1-2H3/t13-,14+,15?,16-,17-,18?,19?,20?/m0/s1. The van der Waals surface area contributed by atoms with Crippen LogP contribution in [0.1, 0.15) is 64.7 Å². The number of aliphatic hydroxyl groups excluding tert-OH is 2. The van der Waals surface area contributed by atoms with Crippen LogP contribution < -0.4 is 0 Å². The Labute approximate surface area is 140 Å². The second-order valence-corrected chi connectivity index (χ2v) is 9.32. The second-order valence-electron chi connectivity index (χ2n) is 9.32. The minimum atomic E-state index is -0.130. The molecule has 3 heteroatoms. The van der Waals surface area contributed by atoms with Gasteiger partial charge in [0.1, 0.15) is 0 Å². The highest BCUT2D eigenvalue weighted by atomic mass is 16.5. The smallest absolute Gasteiger partial charge is 0.0627 e. The van der Waals surface area contributed by atoms with E-state index in [4.69, 9.17) is 4.74 Å². The lowest BCUT2D eigenvalue weighted by Crippen LogP contribution is -2.57. The number of methoxy groups -OCH3 is 1. The Bertz CT molecular complexity index is 452. The van der Waals surface area contributed by atoms with Gasteiger partial charge in [0.25, 0.3) is 0 Å². The largest absolute Gasteiger partial charge is 0.396 e. The van der Waals surface area contributed by atoms with Crippen LogP contribution in [-0.4, -0.2) is 36.1 Å². The molecule has 0 spiro atoms. The van der Waals surface area contributed by atoms with Crippen molar-refractivity contribution in [2.75, 3.05) is 13.7 Å². The highest BCUT2D eigenvalue weighted by Gasteiger charge is 2.61. The lowest BCUT2D eigenvalue weighted by Gasteiger charge is -2.61. The van der Waals surface area contributed by atoms with Crippen molar-refractivity contribution < 1.29 is 14.9 Å². The van der Waals surface area contributed by atoms with Crippen LogP contribution in [0.15, 0.2) is 0 Å². The van der Waals surface area contributed by atoms with Gasteiger partial charge in [0, 0.05) is 13.7 Å². The molecule has 0 aromatic rings. The lowest BCUT2D eigenvalue weighted by atomic mass is 9.44. The molecule has 8 atom stereocenters. The quantitative estimate of drug-likeness (QED) is 0.819. The SMILES string of the molecule is COC1CC[C@H]2C3CC[C@H]4C[C@H](O)CCC4(CO)[C@H]3CCC12C. The van der Waals surface area contributed by atoms with Crippen LogP contribution in [0.25, 0.3) is 0 Å². The van der Waals surface area contributed by atoms with Crippen molar-refractivity contribution in [2.24, 2.45) is 34.5 Å². The van der Waals surface area contributed by atoms with Crippen molar-refractivity contribution in [3.8, 4) is 0 Å². The summed E-state index contributed by atoms with van der Waals surface area (Å²) in [6.07, 6.45) is 10.7. The Morgan fingerprint density at radius 2 is 1.83 bits per heavy atom. The first kappa shape index (κ1) is 16.4. The Morgan fingerprint density at radius 1 is 1.00 bits per heavy atom. The summed E-state index contributed by atoms with van der Waals surface area (Å²) in [4.78, 5) is 0. The first-order valence-corrected chi connectivity index (χ1v) is 9.87. The summed E-state index contributed by atoms with van der Waals surface area (Å²) < 4.78 is 5.85. The minimum Gasteiger partial charge on any atom is -0.396 e. The maximum atomic E-state index is 10.4. The number of rotatable bonds is 2. The molecule has 23 heavy (non-hydrogen) atoms. The molecular weight excluding hydrogens is 288 g/mol. The van der Waals surface area contributed by atoms with E-state index in [0.29, 0.717) is 30.0 Å². The normalized spacial score (nSPS) is 55.8. The summed E-state index contributed by atoms with van der Waals surface area (Å²) in [6.45, 7) is 2.81. The molecule has 0 aromatic heterocycles. The van der Waals surface area contributed by atoms with Crippen LogP contribution in [0.2, 0.25) is 0 Å². The molecule has 0 aliphatic heterocycles. The maximum Gasteiger partial charge on any atom is 0.0627 e. The molecule has 4 aliphatic rings. The molecule has 0 bridgehead atoms. The molecule has 3 nitrogen and oxygen atoms in total. The van der Waals surface area contributed by atoms with Gasteiger partial charge in [-0.3, -0.25) is 0 Å². The first-order valence-electron chi connectivity index (χ1n) is 9.87. The van der Waals surface area contributed by atoms with E-state index in [1.54, 1.807) is 0 Å². The minimum absolute atomic E-state index is 0.106. The van der Waals surface area contributed by atoms with Crippen molar-refractivity contribution in [1.82, 2.24) is 0 Å². The summed E-state index contributed by atoms with van der Waals surface area (Å²) in [5.41, 5.74) is 0.461. The van der Waals surface area contributed by atoms with Gasteiger partial charge in [0.15, 0.2) is 0 Å². The molecule has 0 radical (unpaired) electrons. The molecule has 4 unspecified atom stereocenters. The zero-order valence-corrected chi connectivity index (χ0v) is 14.8. The van der Waals surface area contributed by atoms with Crippen LogP contribution in [0.5, 0.6) is 0 Å². The summed E-state index contributed by atoms with van der Waals surface area (Å²) >= 11 is 0. The Hall–Kier alpha value is -0.120. The fraction of sp³-hybridized carbons (Fsp3) is 1.00. The molecule has 4 aliphatic carbocycles. The Morgan fingerprint density at radius 3 is 2.57 bits per heavy atom. The van der Waals surface area contributed by atoms with E-state index in [9.17, 15) is 10.2 Å². The third kappa shape index (κ3) is 2.19. The molecule has 2 N–H and O–H groups in total. The third-order valence-electron chi connectivity index (χ3n) is 8.83. The summed E-state index contributed by atoms with van der Waals surface area (Å²) in [6, 6.07) is 0. The average molecular weight is 322 g/mol. The molecule has 0 amide bonds. The van der Waals surface area contributed by atoms with Crippen molar-refractivity contribution >= 4 is 0 Å². The van der Waals surface area contributed by atoms with Crippen LogP contribution >= 0.6 is 0 Å². The first-order chi connectivity index (χ1) is 11.0. The molecule has 4 saturated carbocycles. The van der Waals surface area contributed by atoms with E-state index in [1.807, 2.05) is 7.11 Å². The average Bonchev–Trinajstić information content (AvgIpc) is 2.90. The monoisotopic (exact) mass is 322 g/mol. The molecule has 0 heterocycles. The summed E-state index contributed by atoms with van der Waals surface area (Å²) in [7, 11) is 1.89. The predicted molar refractivity (Wildman–Crippen MR) is 89.9 cm³/mol. The van der Waals surface area contributed by atoms with Crippen LogP contribution in [-0.2, 0) is 4.74 Å². The zero-order chi connectivity index (χ0) is 16.2. The van der Waals surface area contributed by atoms with E-state index in [0.717, 1.165) is 31.1 Å².